The van der Waals surface area contributed by atoms with Crippen LogP contribution in [0.15, 0.2) is 48.5 Å². The molecule has 0 radical (unpaired) electrons. The standard InChI is InChI=1S/C20H18FN5/c21-15-10-8-14(9-11-15)18-23-24-20-19(25-12-4-1-5-13-25)22-16-6-2-3-7-17(16)26(18)20/h2-3,6-11H,1,4-5,12-13H2. The molecule has 130 valence electrons. The minimum atomic E-state index is -0.261. The molecular weight excluding hydrogens is 329 g/mol. The molecular formula is C20H18FN5. The van der Waals surface area contributed by atoms with Crippen molar-refractivity contribution in [3.8, 4) is 11.4 Å². The number of fused-ring (bicyclic) bond motifs is 3. The van der Waals surface area contributed by atoms with Crippen LogP contribution in [-0.4, -0.2) is 32.7 Å². The van der Waals surface area contributed by atoms with Gasteiger partial charge in [-0.05, 0) is 55.7 Å². The van der Waals surface area contributed by atoms with Gasteiger partial charge in [0.2, 0.25) is 5.65 Å². The molecule has 0 aliphatic carbocycles. The van der Waals surface area contributed by atoms with E-state index < -0.39 is 0 Å². The Morgan fingerprint density at radius 1 is 0.846 bits per heavy atom. The van der Waals surface area contributed by atoms with Crippen molar-refractivity contribution in [2.75, 3.05) is 18.0 Å². The molecule has 4 aromatic rings. The SMILES string of the molecule is Fc1ccc(-c2nnc3c(N4CCCCC4)nc4ccccc4n23)cc1. The second kappa shape index (κ2) is 6.05. The second-order valence-electron chi connectivity index (χ2n) is 6.66. The summed E-state index contributed by atoms with van der Waals surface area (Å²) in [4.78, 5) is 7.19. The van der Waals surface area contributed by atoms with Gasteiger partial charge in [-0.15, -0.1) is 10.2 Å². The fraction of sp³-hybridized carbons (Fsp3) is 0.250. The van der Waals surface area contributed by atoms with Gasteiger partial charge in [0.25, 0.3) is 0 Å². The average molecular weight is 347 g/mol. The highest BCUT2D eigenvalue weighted by Gasteiger charge is 2.21. The van der Waals surface area contributed by atoms with Crippen molar-refractivity contribution >= 4 is 22.5 Å². The molecule has 3 heterocycles. The van der Waals surface area contributed by atoms with Gasteiger partial charge in [-0.25, -0.2) is 9.37 Å². The molecule has 0 atom stereocenters. The van der Waals surface area contributed by atoms with Gasteiger partial charge in [0.1, 0.15) is 5.82 Å². The molecule has 2 aromatic carbocycles. The third kappa shape index (κ3) is 2.41. The number of nitrogens with zero attached hydrogens (tertiary/aromatic N) is 5. The number of hydrogen-bond acceptors (Lipinski definition) is 4. The Morgan fingerprint density at radius 2 is 1.62 bits per heavy atom. The summed E-state index contributed by atoms with van der Waals surface area (Å²) in [6, 6.07) is 14.4. The molecule has 1 aliphatic rings. The normalized spacial score (nSPS) is 15.0. The molecule has 5 nitrogen and oxygen atoms in total. The highest BCUT2D eigenvalue weighted by molar-refractivity contribution is 5.85. The van der Waals surface area contributed by atoms with E-state index in [4.69, 9.17) is 4.98 Å². The highest BCUT2D eigenvalue weighted by atomic mass is 19.1. The summed E-state index contributed by atoms with van der Waals surface area (Å²) < 4.78 is 15.4. The summed E-state index contributed by atoms with van der Waals surface area (Å²) in [5.41, 5.74) is 3.45. The molecule has 6 heteroatoms. The molecule has 1 aliphatic heterocycles. The molecule has 1 fully saturated rings. The van der Waals surface area contributed by atoms with Crippen molar-refractivity contribution in [2.45, 2.75) is 19.3 Å². The van der Waals surface area contributed by atoms with Gasteiger partial charge in [0.05, 0.1) is 11.0 Å². The van der Waals surface area contributed by atoms with E-state index in [0.717, 1.165) is 41.2 Å². The molecule has 5 rings (SSSR count). The first-order valence-corrected chi connectivity index (χ1v) is 8.96. The van der Waals surface area contributed by atoms with Crippen LogP contribution in [0.2, 0.25) is 0 Å². The molecule has 0 unspecified atom stereocenters. The Balaban J connectivity index is 1.80. The number of piperidine rings is 1. The van der Waals surface area contributed by atoms with E-state index in [1.807, 2.05) is 28.7 Å². The monoisotopic (exact) mass is 347 g/mol. The quantitative estimate of drug-likeness (QED) is 0.548. The molecule has 1 saturated heterocycles. The number of hydrogen-bond donors (Lipinski definition) is 0. The minimum Gasteiger partial charge on any atom is -0.353 e. The van der Waals surface area contributed by atoms with E-state index >= 15 is 0 Å². The van der Waals surface area contributed by atoms with Gasteiger partial charge in [0.15, 0.2) is 11.6 Å². The largest absolute Gasteiger partial charge is 0.353 e. The van der Waals surface area contributed by atoms with Crippen molar-refractivity contribution < 1.29 is 4.39 Å². The van der Waals surface area contributed by atoms with Crippen LogP contribution >= 0.6 is 0 Å². The smallest absolute Gasteiger partial charge is 0.204 e. The van der Waals surface area contributed by atoms with Crippen LogP contribution in [0.3, 0.4) is 0 Å². The lowest BCUT2D eigenvalue weighted by atomic mass is 10.1. The van der Waals surface area contributed by atoms with Crippen LogP contribution in [0.4, 0.5) is 10.2 Å². The maximum Gasteiger partial charge on any atom is 0.204 e. The van der Waals surface area contributed by atoms with E-state index in [2.05, 4.69) is 15.1 Å². The molecule has 2 aromatic heterocycles. The van der Waals surface area contributed by atoms with Gasteiger partial charge in [-0.1, -0.05) is 12.1 Å². The highest BCUT2D eigenvalue weighted by Crippen LogP contribution is 2.29. The summed E-state index contributed by atoms with van der Waals surface area (Å²) in [7, 11) is 0. The minimum absolute atomic E-state index is 0.261. The van der Waals surface area contributed by atoms with Gasteiger partial charge < -0.3 is 4.90 Å². The van der Waals surface area contributed by atoms with Gasteiger partial charge in [-0.2, -0.15) is 0 Å². The molecule has 0 saturated carbocycles. The first-order chi connectivity index (χ1) is 12.8. The lowest BCUT2D eigenvalue weighted by Crippen LogP contribution is -2.30. The molecule has 0 N–H and O–H groups in total. The van der Waals surface area contributed by atoms with Crippen molar-refractivity contribution in [3.63, 3.8) is 0 Å². The zero-order valence-electron chi connectivity index (χ0n) is 14.3. The number of para-hydroxylation sites is 2. The number of anilines is 1. The number of benzene rings is 2. The maximum atomic E-state index is 13.3. The summed E-state index contributed by atoms with van der Waals surface area (Å²) in [5, 5.41) is 8.88. The zero-order valence-corrected chi connectivity index (χ0v) is 14.3. The fourth-order valence-electron chi connectivity index (χ4n) is 3.67. The van der Waals surface area contributed by atoms with Crippen LogP contribution in [0.5, 0.6) is 0 Å². The Kier molecular flexibility index (Phi) is 3.55. The Hall–Kier alpha value is -3.02. The number of aromatic nitrogens is 4. The summed E-state index contributed by atoms with van der Waals surface area (Å²) >= 11 is 0. The van der Waals surface area contributed by atoms with Crippen LogP contribution in [0.1, 0.15) is 19.3 Å². The summed E-state index contributed by atoms with van der Waals surface area (Å²) in [6.45, 7) is 1.97. The van der Waals surface area contributed by atoms with Crippen LogP contribution in [-0.2, 0) is 0 Å². The fourth-order valence-corrected chi connectivity index (χ4v) is 3.67. The van der Waals surface area contributed by atoms with Crippen LogP contribution in [0, 0.1) is 5.82 Å². The third-order valence-corrected chi connectivity index (χ3v) is 4.97. The maximum absolute atomic E-state index is 13.3. The van der Waals surface area contributed by atoms with Crippen LogP contribution < -0.4 is 4.90 Å². The summed E-state index contributed by atoms with van der Waals surface area (Å²) in [6.07, 6.45) is 3.59. The molecule has 0 amide bonds. The third-order valence-electron chi connectivity index (χ3n) is 4.97. The lowest BCUT2D eigenvalue weighted by Gasteiger charge is -2.28. The first-order valence-electron chi connectivity index (χ1n) is 8.96. The van der Waals surface area contributed by atoms with Crippen molar-refractivity contribution in [1.82, 2.24) is 19.6 Å². The average Bonchev–Trinajstić information content (AvgIpc) is 3.14. The van der Waals surface area contributed by atoms with Crippen molar-refractivity contribution in [1.29, 1.82) is 0 Å². The topological polar surface area (TPSA) is 46.3 Å². The van der Waals surface area contributed by atoms with E-state index in [0.29, 0.717) is 5.82 Å². The van der Waals surface area contributed by atoms with Gasteiger partial charge in [0, 0.05) is 18.7 Å². The Labute approximate surface area is 150 Å². The second-order valence-corrected chi connectivity index (χ2v) is 6.66. The number of rotatable bonds is 2. The van der Waals surface area contributed by atoms with E-state index in [1.165, 1.54) is 31.4 Å². The zero-order chi connectivity index (χ0) is 17.5. The Bertz CT molecular complexity index is 1080. The predicted octanol–water partition coefficient (Wildman–Crippen LogP) is 4.07. The van der Waals surface area contributed by atoms with Crippen LogP contribution in [0.25, 0.3) is 28.1 Å². The van der Waals surface area contributed by atoms with E-state index in [1.54, 1.807) is 12.1 Å². The van der Waals surface area contributed by atoms with Crippen molar-refractivity contribution in [2.24, 2.45) is 0 Å². The number of halogens is 1. The molecule has 0 bridgehead atoms. The van der Waals surface area contributed by atoms with Gasteiger partial charge >= 0.3 is 0 Å². The lowest BCUT2D eigenvalue weighted by molar-refractivity contribution is 0.574. The predicted molar refractivity (Wildman–Crippen MR) is 99.7 cm³/mol. The molecule has 0 spiro atoms. The van der Waals surface area contributed by atoms with E-state index in [-0.39, 0.29) is 5.82 Å². The Morgan fingerprint density at radius 3 is 2.42 bits per heavy atom. The molecule has 26 heavy (non-hydrogen) atoms. The van der Waals surface area contributed by atoms with Crippen molar-refractivity contribution in [3.05, 3.63) is 54.3 Å². The summed E-state index contributed by atoms with van der Waals surface area (Å²) in [5.74, 6) is 1.32. The van der Waals surface area contributed by atoms with E-state index in [9.17, 15) is 4.39 Å². The van der Waals surface area contributed by atoms with Gasteiger partial charge in [-0.3, -0.25) is 4.40 Å². The first kappa shape index (κ1) is 15.3.